The zero-order valence-electron chi connectivity index (χ0n) is 9.36. The van der Waals surface area contributed by atoms with Crippen molar-refractivity contribution in [2.75, 3.05) is 31.0 Å². The van der Waals surface area contributed by atoms with E-state index >= 15 is 0 Å². The van der Waals surface area contributed by atoms with Crippen molar-refractivity contribution in [2.24, 2.45) is 0 Å². The van der Waals surface area contributed by atoms with Crippen LogP contribution < -0.4 is 4.90 Å². The van der Waals surface area contributed by atoms with Crippen molar-refractivity contribution < 1.29 is 9.15 Å². The van der Waals surface area contributed by atoms with Gasteiger partial charge in [0.1, 0.15) is 0 Å². The molecule has 0 unspecified atom stereocenters. The number of nitrogens with zero attached hydrogens (tertiary/aromatic N) is 3. The number of hydrogen-bond donors (Lipinski definition) is 0. The molecule has 6 heteroatoms. The summed E-state index contributed by atoms with van der Waals surface area (Å²) in [6, 6.07) is 1.14. The number of halogens is 1. The Balaban J connectivity index is 1.99. The number of alkyl halides is 1. The van der Waals surface area contributed by atoms with Gasteiger partial charge in [-0.3, -0.25) is 0 Å². The number of anilines is 1. The fraction of sp³-hybridized carbons (Fsp3) is 0.800. The van der Waals surface area contributed by atoms with E-state index in [1.165, 1.54) is 12.8 Å². The van der Waals surface area contributed by atoms with Crippen molar-refractivity contribution in [3.05, 3.63) is 5.89 Å². The molecule has 0 atom stereocenters. The molecule has 16 heavy (non-hydrogen) atoms. The number of ether oxygens (including phenoxy) is 1. The van der Waals surface area contributed by atoms with E-state index in [1.54, 1.807) is 7.11 Å². The largest absolute Gasteiger partial charge is 0.408 e. The highest BCUT2D eigenvalue weighted by molar-refractivity contribution is 6.17. The maximum Gasteiger partial charge on any atom is 0.318 e. The van der Waals surface area contributed by atoms with Gasteiger partial charge < -0.3 is 14.1 Å². The molecule has 5 nitrogen and oxygen atoms in total. The predicted octanol–water partition coefficient (Wildman–Crippen LogP) is 1.47. The van der Waals surface area contributed by atoms with Gasteiger partial charge in [-0.15, -0.1) is 16.7 Å². The van der Waals surface area contributed by atoms with E-state index in [4.69, 9.17) is 20.8 Å². The van der Waals surface area contributed by atoms with Gasteiger partial charge >= 0.3 is 6.01 Å². The lowest BCUT2D eigenvalue weighted by Gasteiger charge is -2.18. The maximum atomic E-state index is 5.62. The quantitative estimate of drug-likeness (QED) is 0.681. The molecule has 1 saturated carbocycles. The normalized spacial score (nSPS) is 15.4. The Labute approximate surface area is 99.7 Å². The molecular weight excluding hydrogens is 230 g/mol. The molecule has 0 radical (unpaired) electrons. The zero-order chi connectivity index (χ0) is 11.4. The molecule has 2 rings (SSSR count). The van der Waals surface area contributed by atoms with Gasteiger partial charge in [0, 0.05) is 32.0 Å². The Morgan fingerprint density at radius 1 is 1.50 bits per heavy atom. The van der Waals surface area contributed by atoms with Gasteiger partial charge in [0.2, 0.25) is 5.89 Å². The van der Waals surface area contributed by atoms with Gasteiger partial charge in [-0.05, 0) is 12.8 Å². The van der Waals surface area contributed by atoms with E-state index in [1.807, 2.05) is 0 Å². The van der Waals surface area contributed by atoms with Crippen molar-refractivity contribution in [2.45, 2.75) is 25.3 Å². The Kier molecular flexibility index (Phi) is 4.01. The number of hydrogen-bond acceptors (Lipinski definition) is 5. The number of aryl methyl sites for hydroxylation is 1. The smallest absolute Gasteiger partial charge is 0.318 e. The molecule has 0 N–H and O–H groups in total. The molecule has 1 aliphatic rings. The summed E-state index contributed by atoms with van der Waals surface area (Å²) in [4.78, 5) is 2.12. The van der Waals surface area contributed by atoms with Crippen LogP contribution in [-0.4, -0.2) is 42.4 Å². The lowest BCUT2D eigenvalue weighted by molar-refractivity contribution is 0.203. The molecule has 1 aromatic rings. The lowest BCUT2D eigenvalue weighted by atomic mass is 10.5. The van der Waals surface area contributed by atoms with Crippen LogP contribution in [0.5, 0.6) is 0 Å². The number of aromatic nitrogens is 2. The van der Waals surface area contributed by atoms with E-state index in [2.05, 4.69) is 15.1 Å². The molecular formula is C10H16ClN3O2. The van der Waals surface area contributed by atoms with Gasteiger partial charge in [-0.1, -0.05) is 5.10 Å². The molecule has 0 aromatic carbocycles. The highest BCUT2D eigenvalue weighted by atomic mass is 35.5. The molecule has 0 aliphatic heterocycles. The van der Waals surface area contributed by atoms with Gasteiger partial charge in [-0.25, -0.2) is 0 Å². The van der Waals surface area contributed by atoms with Gasteiger partial charge in [-0.2, -0.15) is 0 Å². The summed E-state index contributed by atoms with van der Waals surface area (Å²) in [5, 5.41) is 8.01. The summed E-state index contributed by atoms with van der Waals surface area (Å²) in [6.45, 7) is 1.47. The number of rotatable bonds is 7. The van der Waals surface area contributed by atoms with Crippen molar-refractivity contribution in [1.82, 2.24) is 10.2 Å². The summed E-state index contributed by atoms with van der Waals surface area (Å²) in [6.07, 6.45) is 3.01. The van der Waals surface area contributed by atoms with Crippen molar-refractivity contribution in [3.63, 3.8) is 0 Å². The summed E-state index contributed by atoms with van der Waals surface area (Å²) < 4.78 is 10.6. The Bertz CT molecular complexity index is 328. The summed E-state index contributed by atoms with van der Waals surface area (Å²) in [5.41, 5.74) is 0. The Morgan fingerprint density at radius 2 is 2.31 bits per heavy atom. The van der Waals surface area contributed by atoms with Crippen LogP contribution in [-0.2, 0) is 11.2 Å². The first kappa shape index (κ1) is 11.7. The summed E-state index contributed by atoms with van der Waals surface area (Å²) >= 11 is 5.62. The van der Waals surface area contributed by atoms with Crippen LogP contribution in [0.4, 0.5) is 6.01 Å². The minimum atomic E-state index is 0.503. The molecule has 0 amide bonds. The standard InChI is InChI=1S/C10H16ClN3O2/c1-15-7-6-14(8-2-3-8)10-13-12-9(16-10)4-5-11/h8H,2-7H2,1H3. The lowest BCUT2D eigenvalue weighted by Crippen LogP contribution is -2.29. The van der Waals surface area contributed by atoms with Crippen LogP contribution in [0, 0.1) is 0 Å². The second-order valence-corrected chi connectivity index (χ2v) is 4.21. The fourth-order valence-corrected chi connectivity index (χ4v) is 1.71. The Hall–Kier alpha value is -0.810. The SMILES string of the molecule is COCCN(c1nnc(CCCl)o1)C1CC1. The van der Waals surface area contributed by atoms with Crippen LogP contribution >= 0.6 is 11.6 Å². The highest BCUT2D eigenvalue weighted by Crippen LogP contribution is 2.30. The first-order valence-electron chi connectivity index (χ1n) is 5.49. The third-order valence-electron chi connectivity index (χ3n) is 2.53. The van der Waals surface area contributed by atoms with Gasteiger partial charge in [0.15, 0.2) is 0 Å². The molecule has 90 valence electrons. The zero-order valence-corrected chi connectivity index (χ0v) is 10.1. The van der Waals surface area contributed by atoms with E-state index in [9.17, 15) is 0 Å². The third-order valence-corrected chi connectivity index (χ3v) is 2.72. The monoisotopic (exact) mass is 245 g/mol. The van der Waals surface area contributed by atoms with Gasteiger partial charge in [0.05, 0.1) is 6.61 Å². The van der Waals surface area contributed by atoms with Crippen molar-refractivity contribution in [1.29, 1.82) is 0 Å². The molecule has 1 fully saturated rings. The van der Waals surface area contributed by atoms with Crippen LogP contribution in [0.3, 0.4) is 0 Å². The van der Waals surface area contributed by atoms with E-state index < -0.39 is 0 Å². The molecule has 0 saturated heterocycles. The third kappa shape index (κ3) is 2.86. The minimum absolute atomic E-state index is 0.503. The van der Waals surface area contributed by atoms with Crippen LogP contribution in [0.15, 0.2) is 4.42 Å². The van der Waals surface area contributed by atoms with Crippen molar-refractivity contribution in [3.8, 4) is 0 Å². The second-order valence-electron chi connectivity index (χ2n) is 3.83. The second kappa shape index (κ2) is 5.50. The molecule has 0 spiro atoms. The molecule has 1 aliphatic carbocycles. The first-order valence-corrected chi connectivity index (χ1v) is 6.02. The van der Waals surface area contributed by atoms with E-state index in [0.717, 1.165) is 6.54 Å². The summed E-state index contributed by atoms with van der Waals surface area (Å²) in [5.74, 6) is 1.11. The minimum Gasteiger partial charge on any atom is -0.408 e. The topological polar surface area (TPSA) is 51.4 Å². The van der Waals surface area contributed by atoms with Crippen molar-refractivity contribution >= 4 is 17.6 Å². The van der Waals surface area contributed by atoms with Gasteiger partial charge in [0.25, 0.3) is 0 Å². The fourth-order valence-electron chi connectivity index (χ4n) is 1.55. The van der Waals surface area contributed by atoms with Crippen LogP contribution in [0.1, 0.15) is 18.7 Å². The number of methoxy groups -OCH3 is 1. The molecule has 1 heterocycles. The highest BCUT2D eigenvalue weighted by Gasteiger charge is 2.32. The maximum absolute atomic E-state index is 5.62. The average molecular weight is 246 g/mol. The Morgan fingerprint density at radius 3 is 2.94 bits per heavy atom. The summed E-state index contributed by atoms with van der Waals surface area (Å²) in [7, 11) is 1.69. The first-order chi connectivity index (χ1) is 7.85. The van der Waals surface area contributed by atoms with Crippen LogP contribution in [0.2, 0.25) is 0 Å². The van der Waals surface area contributed by atoms with E-state index in [-0.39, 0.29) is 0 Å². The predicted molar refractivity (Wildman–Crippen MR) is 61.0 cm³/mol. The van der Waals surface area contributed by atoms with E-state index in [0.29, 0.717) is 36.9 Å². The van der Waals surface area contributed by atoms with Crippen LogP contribution in [0.25, 0.3) is 0 Å². The molecule has 1 aromatic heterocycles. The average Bonchev–Trinajstić information content (AvgIpc) is 3.01. The molecule has 0 bridgehead atoms.